The Morgan fingerprint density at radius 2 is 2.00 bits per heavy atom. The van der Waals surface area contributed by atoms with Gasteiger partial charge in [-0.25, -0.2) is 4.98 Å². The van der Waals surface area contributed by atoms with E-state index in [-0.39, 0.29) is 0 Å². The fourth-order valence-electron chi connectivity index (χ4n) is 3.73. The predicted octanol–water partition coefficient (Wildman–Crippen LogP) is 6.21. The van der Waals surface area contributed by atoms with Gasteiger partial charge in [0.1, 0.15) is 5.52 Å². The molecule has 0 saturated carbocycles. The lowest BCUT2D eigenvalue weighted by Crippen LogP contribution is -2.28. The molecule has 0 fully saturated rings. The smallest absolute Gasteiger partial charge is 0.211 e. The Morgan fingerprint density at radius 1 is 1.19 bits per heavy atom. The van der Waals surface area contributed by atoms with Gasteiger partial charge in [0, 0.05) is 18.7 Å². The van der Waals surface area contributed by atoms with Gasteiger partial charge in [-0.05, 0) is 48.6 Å². The Bertz CT molecular complexity index is 1030. The van der Waals surface area contributed by atoms with Crippen LogP contribution in [0.2, 0.25) is 10.0 Å². The van der Waals surface area contributed by atoms with Gasteiger partial charge >= 0.3 is 0 Å². The van der Waals surface area contributed by atoms with Crippen LogP contribution in [-0.2, 0) is 6.54 Å². The van der Waals surface area contributed by atoms with Crippen molar-refractivity contribution >= 4 is 52.2 Å². The van der Waals surface area contributed by atoms with Crippen molar-refractivity contribution in [2.75, 3.05) is 11.4 Å². The summed E-state index contributed by atoms with van der Waals surface area (Å²) in [7, 11) is 0. The first-order chi connectivity index (χ1) is 13.0. The van der Waals surface area contributed by atoms with Crippen molar-refractivity contribution in [1.82, 2.24) is 9.55 Å². The van der Waals surface area contributed by atoms with E-state index in [9.17, 15) is 4.79 Å². The number of anilines is 2. The number of aromatic nitrogens is 2. The average Bonchev–Trinajstić information content (AvgIpc) is 3.08. The summed E-state index contributed by atoms with van der Waals surface area (Å²) < 4.78 is 2.08. The van der Waals surface area contributed by atoms with Gasteiger partial charge in [-0.15, -0.1) is 0 Å². The van der Waals surface area contributed by atoms with Gasteiger partial charge in [0.15, 0.2) is 6.29 Å². The molecule has 3 aromatic rings. The van der Waals surface area contributed by atoms with E-state index in [1.807, 2.05) is 0 Å². The first-order valence-corrected chi connectivity index (χ1v) is 10.0. The molecule has 2 heterocycles. The lowest BCUT2D eigenvalue weighted by Gasteiger charge is -2.30. The Hall–Kier alpha value is -2.04. The van der Waals surface area contributed by atoms with Gasteiger partial charge in [0.25, 0.3) is 0 Å². The molecule has 0 saturated heterocycles. The predicted molar refractivity (Wildman–Crippen MR) is 112 cm³/mol. The molecule has 0 spiro atoms. The van der Waals surface area contributed by atoms with Crippen molar-refractivity contribution in [3.63, 3.8) is 0 Å². The zero-order valence-electron chi connectivity index (χ0n) is 15.4. The summed E-state index contributed by atoms with van der Waals surface area (Å²) in [5.41, 5.74) is 4.24. The summed E-state index contributed by atoms with van der Waals surface area (Å²) in [6.45, 7) is 5.99. The number of hydrogen-bond donors (Lipinski definition) is 0. The third-order valence-electron chi connectivity index (χ3n) is 5.43. The van der Waals surface area contributed by atoms with E-state index in [1.165, 1.54) is 5.56 Å². The van der Waals surface area contributed by atoms with Gasteiger partial charge < -0.3 is 9.47 Å². The van der Waals surface area contributed by atoms with Crippen LogP contribution >= 0.6 is 23.2 Å². The number of rotatable bonds is 4. The quantitative estimate of drug-likeness (QED) is 0.487. The zero-order chi connectivity index (χ0) is 19.1. The second kappa shape index (κ2) is 7.17. The Labute approximate surface area is 168 Å². The number of nitrogens with zero attached hydrogens (tertiary/aromatic N) is 3. The molecule has 0 radical (unpaired) electrons. The molecule has 27 heavy (non-hydrogen) atoms. The molecule has 1 aromatic heterocycles. The van der Waals surface area contributed by atoms with Crippen LogP contribution in [0.4, 0.5) is 11.6 Å². The lowest BCUT2D eigenvalue weighted by atomic mass is 9.98. The maximum atomic E-state index is 11.5. The maximum absolute atomic E-state index is 11.5. The molecule has 6 heteroatoms. The number of imidazole rings is 1. The van der Waals surface area contributed by atoms with Crippen molar-refractivity contribution in [2.45, 2.75) is 39.2 Å². The van der Waals surface area contributed by atoms with E-state index in [0.29, 0.717) is 22.0 Å². The van der Waals surface area contributed by atoms with E-state index in [4.69, 9.17) is 28.2 Å². The average molecular weight is 402 g/mol. The number of carbonyl (C=O) groups excluding carboxylic acids is 1. The highest BCUT2D eigenvalue weighted by Gasteiger charge is 2.26. The summed E-state index contributed by atoms with van der Waals surface area (Å²) in [6, 6.07) is 9.74. The minimum absolute atomic E-state index is 0.469. The third-order valence-corrected chi connectivity index (χ3v) is 6.04. The molecule has 1 unspecified atom stereocenters. The van der Waals surface area contributed by atoms with Crippen LogP contribution in [0.3, 0.4) is 0 Å². The van der Waals surface area contributed by atoms with Crippen LogP contribution in [0, 0.1) is 0 Å². The second-order valence-electron chi connectivity index (χ2n) is 7.04. The number of hydrogen-bond acceptors (Lipinski definition) is 3. The highest BCUT2D eigenvalue weighted by molar-refractivity contribution is 6.35. The van der Waals surface area contributed by atoms with Crippen LogP contribution < -0.4 is 4.90 Å². The van der Waals surface area contributed by atoms with Gasteiger partial charge in [-0.2, -0.15) is 0 Å². The molecule has 0 amide bonds. The van der Waals surface area contributed by atoms with E-state index in [1.54, 1.807) is 12.1 Å². The van der Waals surface area contributed by atoms with Crippen molar-refractivity contribution in [3.8, 4) is 0 Å². The normalized spacial score (nSPS) is 15.0. The van der Waals surface area contributed by atoms with Crippen LogP contribution in [0.15, 0.2) is 30.3 Å². The van der Waals surface area contributed by atoms with E-state index >= 15 is 0 Å². The molecule has 4 rings (SSSR count). The van der Waals surface area contributed by atoms with Crippen molar-refractivity contribution < 1.29 is 4.79 Å². The number of fused-ring (bicyclic) bond motifs is 3. The number of halogens is 2. The van der Waals surface area contributed by atoms with Gasteiger partial charge in [0.05, 0.1) is 21.2 Å². The molecule has 1 aliphatic rings. The molecule has 140 valence electrons. The Balaban J connectivity index is 1.86. The minimum atomic E-state index is 0.469. The SMILES string of the molecule is CCC(C)c1ccc(N2CCCn3c2nc2c(Cl)ccc(C=O)c23)c(Cl)c1. The fraction of sp³-hybridized carbons (Fsp3) is 0.333. The monoisotopic (exact) mass is 401 g/mol. The molecule has 2 aromatic carbocycles. The third kappa shape index (κ3) is 3.01. The van der Waals surface area contributed by atoms with Crippen LogP contribution in [0.25, 0.3) is 11.0 Å². The van der Waals surface area contributed by atoms with E-state index in [2.05, 4.69) is 41.5 Å². The zero-order valence-corrected chi connectivity index (χ0v) is 16.9. The van der Waals surface area contributed by atoms with Gasteiger partial charge in [-0.3, -0.25) is 4.79 Å². The summed E-state index contributed by atoms with van der Waals surface area (Å²) in [6.07, 6.45) is 2.87. The standard InChI is InChI=1S/C21H21Cl2N3O/c1-3-13(2)14-6-8-18(17(23)11-14)25-9-4-10-26-20-15(12-27)5-7-16(22)19(20)24-21(25)26/h5-8,11-13H,3-4,9-10H2,1-2H3. The van der Waals surface area contributed by atoms with E-state index in [0.717, 1.165) is 54.4 Å². The van der Waals surface area contributed by atoms with E-state index < -0.39 is 0 Å². The Kier molecular flexibility index (Phi) is 4.87. The summed E-state index contributed by atoms with van der Waals surface area (Å²) in [5, 5.41) is 1.27. The highest BCUT2D eigenvalue weighted by atomic mass is 35.5. The number of benzene rings is 2. The van der Waals surface area contributed by atoms with Gasteiger partial charge in [0.2, 0.25) is 5.95 Å². The molecule has 1 atom stereocenters. The van der Waals surface area contributed by atoms with Crippen LogP contribution in [-0.4, -0.2) is 22.4 Å². The summed E-state index contributed by atoms with van der Waals surface area (Å²) >= 11 is 13.0. The molecule has 0 N–H and O–H groups in total. The Morgan fingerprint density at radius 3 is 2.70 bits per heavy atom. The first kappa shape index (κ1) is 18.3. The molecular formula is C21H21Cl2N3O. The maximum Gasteiger partial charge on any atom is 0.211 e. The number of aryl methyl sites for hydroxylation is 1. The summed E-state index contributed by atoms with van der Waals surface area (Å²) in [4.78, 5) is 18.4. The molecule has 0 aliphatic carbocycles. The summed E-state index contributed by atoms with van der Waals surface area (Å²) in [5.74, 6) is 1.25. The van der Waals surface area contributed by atoms with Gasteiger partial charge in [-0.1, -0.05) is 43.1 Å². The number of carbonyl (C=O) groups is 1. The highest BCUT2D eigenvalue weighted by Crippen LogP contribution is 2.39. The van der Waals surface area contributed by atoms with Crippen LogP contribution in [0.1, 0.15) is 48.5 Å². The van der Waals surface area contributed by atoms with Crippen LogP contribution in [0.5, 0.6) is 0 Å². The molecule has 0 bridgehead atoms. The van der Waals surface area contributed by atoms with Crippen molar-refractivity contribution in [1.29, 1.82) is 0 Å². The van der Waals surface area contributed by atoms with Crippen molar-refractivity contribution in [3.05, 3.63) is 51.5 Å². The fourth-order valence-corrected chi connectivity index (χ4v) is 4.22. The largest absolute Gasteiger partial charge is 0.310 e. The number of aldehydes is 1. The second-order valence-corrected chi connectivity index (χ2v) is 7.85. The molecule has 1 aliphatic heterocycles. The minimum Gasteiger partial charge on any atom is -0.310 e. The van der Waals surface area contributed by atoms with Crippen molar-refractivity contribution in [2.24, 2.45) is 0 Å². The molecular weight excluding hydrogens is 381 g/mol. The topological polar surface area (TPSA) is 38.1 Å². The lowest BCUT2D eigenvalue weighted by molar-refractivity contribution is 0.112. The molecule has 4 nitrogen and oxygen atoms in total. The first-order valence-electron chi connectivity index (χ1n) is 9.26.